The Bertz CT molecular complexity index is 2970. The van der Waals surface area contributed by atoms with Crippen molar-refractivity contribution in [2.24, 2.45) is 0 Å². The van der Waals surface area contributed by atoms with Crippen LogP contribution in [0.1, 0.15) is 87.5 Å². The molecule has 8 nitrogen and oxygen atoms in total. The molecular weight excluding hydrogens is 781 g/mol. The molecular formula is C55H52N4O4. The Morgan fingerprint density at radius 2 is 0.762 bits per heavy atom. The number of aromatic nitrogens is 4. The highest BCUT2D eigenvalue weighted by atomic mass is 16.5. The number of H-pyrrole nitrogens is 2. The van der Waals surface area contributed by atoms with Crippen LogP contribution >= 0.6 is 0 Å². The monoisotopic (exact) mass is 832 g/mol. The third kappa shape index (κ3) is 9.16. The summed E-state index contributed by atoms with van der Waals surface area (Å²) in [6.07, 6.45) is 19.3. The molecule has 5 N–H and O–H groups in total. The van der Waals surface area contributed by atoms with Gasteiger partial charge in [-0.05, 0) is 126 Å². The number of ether oxygens (including phenoxy) is 1. The maximum atomic E-state index is 10.7. The number of nitrogens with zero attached hydrogens (tertiary/aromatic N) is 2. The van der Waals surface area contributed by atoms with Crippen molar-refractivity contribution in [3.8, 4) is 67.5 Å². The van der Waals surface area contributed by atoms with Crippen LogP contribution in [0.5, 0.6) is 23.0 Å². The Hall–Kier alpha value is -7.32. The highest BCUT2D eigenvalue weighted by Gasteiger charge is 2.20. The molecule has 7 aromatic rings. The van der Waals surface area contributed by atoms with Gasteiger partial charge in [0.05, 0.1) is 29.4 Å². The van der Waals surface area contributed by atoms with Crippen molar-refractivity contribution in [1.29, 1.82) is 0 Å². The van der Waals surface area contributed by atoms with E-state index in [4.69, 9.17) is 14.7 Å². The van der Waals surface area contributed by atoms with E-state index >= 15 is 0 Å². The van der Waals surface area contributed by atoms with E-state index < -0.39 is 0 Å². The van der Waals surface area contributed by atoms with E-state index in [1.165, 1.54) is 44.9 Å². The van der Waals surface area contributed by atoms with Gasteiger partial charge in [-0.3, -0.25) is 0 Å². The molecule has 0 fully saturated rings. The number of unbranched alkanes of at least 4 members (excludes halogenated alkanes) is 8. The zero-order chi connectivity index (χ0) is 43.1. The third-order valence-corrected chi connectivity index (χ3v) is 11.8. The summed E-state index contributed by atoms with van der Waals surface area (Å²) in [6.45, 7) is 2.91. The average Bonchev–Trinajstić information content (AvgIpc) is 4.13. The Balaban J connectivity index is 1.24. The molecule has 63 heavy (non-hydrogen) atoms. The van der Waals surface area contributed by atoms with Gasteiger partial charge < -0.3 is 30.0 Å². The number of phenols is 3. The fourth-order valence-electron chi connectivity index (χ4n) is 8.75. The smallest absolute Gasteiger partial charge is 0.119 e. The molecule has 0 aliphatic carbocycles. The number of hydrogen-bond acceptors (Lipinski definition) is 6. The number of aromatic hydroxyl groups is 3. The summed E-state index contributed by atoms with van der Waals surface area (Å²) in [6, 6.07) is 38.0. The van der Waals surface area contributed by atoms with Gasteiger partial charge >= 0.3 is 0 Å². The molecule has 0 atom stereocenters. The number of nitrogens with one attached hydrogen (secondary N) is 2. The number of fused-ring (bicyclic) bond motifs is 8. The number of aromatic amines is 2. The van der Waals surface area contributed by atoms with E-state index in [-0.39, 0.29) is 17.2 Å². The van der Waals surface area contributed by atoms with Crippen LogP contribution in [0.3, 0.4) is 0 Å². The Morgan fingerprint density at radius 3 is 1.14 bits per heavy atom. The summed E-state index contributed by atoms with van der Waals surface area (Å²) < 4.78 is 6.39. The van der Waals surface area contributed by atoms with Gasteiger partial charge in [0.2, 0.25) is 0 Å². The minimum absolute atomic E-state index is 0.139. The van der Waals surface area contributed by atoms with Crippen LogP contribution in [0.15, 0.2) is 121 Å². The van der Waals surface area contributed by atoms with E-state index in [0.29, 0.717) is 18.0 Å². The summed E-state index contributed by atoms with van der Waals surface area (Å²) in [4.78, 5) is 18.1. The van der Waals surface area contributed by atoms with Crippen molar-refractivity contribution in [2.45, 2.75) is 64.7 Å². The van der Waals surface area contributed by atoms with Gasteiger partial charge in [0.15, 0.2) is 0 Å². The molecule has 8 bridgehead atoms. The van der Waals surface area contributed by atoms with Crippen LogP contribution in [0.25, 0.3) is 90.9 Å². The summed E-state index contributed by atoms with van der Waals surface area (Å²) >= 11 is 0. The molecule has 9 rings (SSSR count). The van der Waals surface area contributed by atoms with E-state index in [0.717, 1.165) is 96.6 Å². The Labute approximate surface area is 368 Å². The van der Waals surface area contributed by atoms with Gasteiger partial charge in [-0.2, -0.15) is 0 Å². The minimum Gasteiger partial charge on any atom is -0.508 e. The molecule has 8 heteroatoms. The lowest BCUT2D eigenvalue weighted by molar-refractivity contribution is 0.304. The molecule has 0 spiro atoms. The first-order valence-electron chi connectivity index (χ1n) is 22.2. The number of benzene rings is 4. The molecule has 5 heterocycles. The van der Waals surface area contributed by atoms with E-state index in [2.05, 4.69) is 41.2 Å². The molecule has 316 valence electrons. The largest absolute Gasteiger partial charge is 0.508 e. The predicted octanol–water partition coefficient (Wildman–Crippen LogP) is 14.3. The van der Waals surface area contributed by atoms with Crippen LogP contribution in [-0.4, -0.2) is 41.9 Å². The summed E-state index contributed by atoms with van der Waals surface area (Å²) in [7, 11) is 0. The Morgan fingerprint density at radius 1 is 0.413 bits per heavy atom. The number of hydrogen-bond donors (Lipinski definition) is 5. The predicted molar refractivity (Wildman–Crippen MR) is 258 cm³/mol. The Kier molecular flexibility index (Phi) is 12.2. The summed E-state index contributed by atoms with van der Waals surface area (Å²) in [5.74, 6) is 1.24. The van der Waals surface area contributed by atoms with Gasteiger partial charge in [-0.1, -0.05) is 107 Å². The molecule has 3 aromatic heterocycles. The lowest BCUT2D eigenvalue weighted by Gasteiger charge is -2.10. The summed E-state index contributed by atoms with van der Waals surface area (Å²) in [5, 5.41) is 32.1. The lowest BCUT2D eigenvalue weighted by Crippen LogP contribution is -1.97. The zero-order valence-electron chi connectivity index (χ0n) is 35.6. The van der Waals surface area contributed by atoms with Crippen molar-refractivity contribution < 1.29 is 20.1 Å². The first-order valence-corrected chi connectivity index (χ1v) is 22.2. The second-order valence-corrected chi connectivity index (χ2v) is 16.4. The van der Waals surface area contributed by atoms with Crippen molar-refractivity contribution in [2.75, 3.05) is 6.61 Å². The van der Waals surface area contributed by atoms with Gasteiger partial charge in [0.25, 0.3) is 0 Å². The van der Waals surface area contributed by atoms with E-state index in [1.807, 2.05) is 85.0 Å². The van der Waals surface area contributed by atoms with Crippen LogP contribution < -0.4 is 4.74 Å². The second-order valence-electron chi connectivity index (χ2n) is 16.4. The number of rotatable bonds is 15. The van der Waals surface area contributed by atoms with E-state index in [9.17, 15) is 15.3 Å². The van der Waals surface area contributed by atoms with Gasteiger partial charge in [0.1, 0.15) is 23.0 Å². The van der Waals surface area contributed by atoms with E-state index in [1.54, 1.807) is 36.4 Å². The number of phenolic OH excluding ortho intramolecular Hbond substituents is 3. The molecule has 2 aliphatic heterocycles. The average molecular weight is 833 g/mol. The first-order chi connectivity index (χ1) is 30.9. The lowest BCUT2D eigenvalue weighted by atomic mass is 10.0. The van der Waals surface area contributed by atoms with Crippen molar-refractivity contribution in [3.63, 3.8) is 0 Å². The topological polar surface area (TPSA) is 127 Å². The third-order valence-electron chi connectivity index (χ3n) is 11.8. The van der Waals surface area contributed by atoms with Gasteiger partial charge in [0, 0.05) is 44.3 Å². The van der Waals surface area contributed by atoms with Crippen molar-refractivity contribution >= 4 is 46.4 Å². The second kappa shape index (κ2) is 18.7. The SMILES string of the molecule is CCCCCCCCCCCOc1cccc(-c2c3nc(c(-c4cccc(O)c4)c4ccc([nH]4)c(-c4cccc(O)c4)c4nc(c(-c5cccc(O)c5)c5ccc2[nH]5)C=C4)C=C3)c1. The maximum absolute atomic E-state index is 10.7. The molecule has 0 saturated heterocycles. The normalized spacial score (nSPS) is 12.0. The zero-order valence-corrected chi connectivity index (χ0v) is 35.6. The highest BCUT2D eigenvalue weighted by Crippen LogP contribution is 2.40. The van der Waals surface area contributed by atoms with Crippen LogP contribution in [0, 0.1) is 0 Å². The van der Waals surface area contributed by atoms with Crippen LogP contribution in [0.4, 0.5) is 0 Å². The highest BCUT2D eigenvalue weighted by molar-refractivity contribution is 6.00. The quantitative estimate of drug-likeness (QED) is 0.0655. The first kappa shape index (κ1) is 41.1. The standard InChI is InChI=1S/C55H52N4O4/c1-2-3-4-5-6-7-8-9-10-31-63-43-22-14-18-39(35-43)55-50-29-27-48(58-50)53(37-16-12-20-41(61)33-37)46-25-23-44(56-46)52(36-15-11-19-40(60)32-36)45-24-26-47(57-45)54(49-28-30-51(55)59-49)38-17-13-21-42(62)34-38/h11-30,32-35,56,59-62H,2-10,31H2,1H3. The van der Waals surface area contributed by atoms with Crippen molar-refractivity contribution in [1.82, 2.24) is 19.9 Å². The van der Waals surface area contributed by atoms with Crippen molar-refractivity contribution in [3.05, 3.63) is 144 Å². The minimum atomic E-state index is 0.139. The van der Waals surface area contributed by atoms with Crippen LogP contribution in [-0.2, 0) is 0 Å². The van der Waals surface area contributed by atoms with Crippen LogP contribution in [0.2, 0.25) is 0 Å². The molecule has 0 saturated carbocycles. The van der Waals surface area contributed by atoms with Gasteiger partial charge in [-0.25, -0.2) is 9.97 Å². The molecule has 0 radical (unpaired) electrons. The molecule has 0 amide bonds. The van der Waals surface area contributed by atoms with Gasteiger partial charge in [-0.15, -0.1) is 0 Å². The molecule has 0 unspecified atom stereocenters. The molecule has 4 aromatic carbocycles. The maximum Gasteiger partial charge on any atom is 0.119 e. The summed E-state index contributed by atoms with van der Waals surface area (Å²) in [5.41, 5.74) is 12.7. The molecule has 2 aliphatic rings. The fourth-order valence-corrected chi connectivity index (χ4v) is 8.75. The fraction of sp³-hybridized carbons (Fsp3) is 0.200.